The van der Waals surface area contributed by atoms with Gasteiger partial charge in [-0.1, -0.05) is 45.9 Å². The lowest BCUT2D eigenvalue weighted by molar-refractivity contribution is -0.160. The number of hydrogen-bond donors (Lipinski definition) is 5. The highest BCUT2D eigenvalue weighted by Gasteiger charge is 2.32. The summed E-state index contributed by atoms with van der Waals surface area (Å²) in [7, 11) is 0. The van der Waals surface area contributed by atoms with Gasteiger partial charge in [0.05, 0.1) is 23.5 Å². The summed E-state index contributed by atoms with van der Waals surface area (Å²) in [5.74, 6) is -0.991. The minimum atomic E-state index is -1.17. The highest BCUT2D eigenvalue weighted by molar-refractivity contribution is 5.83. The van der Waals surface area contributed by atoms with Gasteiger partial charge in [-0.2, -0.15) is 0 Å². The van der Waals surface area contributed by atoms with Crippen LogP contribution < -0.4 is 11.1 Å². The van der Waals surface area contributed by atoms with Crippen molar-refractivity contribution in [1.82, 2.24) is 5.32 Å². The third kappa shape index (κ3) is 14.3. The number of allylic oxidation sites excluding steroid dienone is 3. The number of aliphatic carboxylic acids is 1. The van der Waals surface area contributed by atoms with Crippen LogP contribution in [0.4, 0.5) is 0 Å². The predicted octanol–water partition coefficient (Wildman–Crippen LogP) is 4.89. The third-order valence-electron chi connectivity index (χ3n) is 8.63. The average Bonchev–Trinajstić information content (AvgIpc) is 2.88. The number of carbonyl (C=O) groups excluding carboxylic acids is 2. The second-order valence-electron chi connectivity index (χ2n) is 13.5. The number of unbranched alkanes of at least 4 members (excludes halogenated alkanes) is 1. The summed E-state index contributed by atoms with van der Waals surface area (Å²) < 4.78 is 5.87. The van der Waals surface area contributed by atoms with Crippen molar-refractivity contribution >= 4 is 17.8 Å². The Morgan fingerprint density at radius 3 is 2.45 bits per heavy atom. The summed E-state index contributed by atoms with van der Waals surface area (Å²) in [6.45, 7) is 14.3. The maximum Gasteiger partial charge on any atom is 0.326 e. The van der Waals surface area contributed by atoms with Gasteiger partial charge in [0, 0.05) is 12.8 Å². The van der Waals surface area contributed by atoms with E-state index >= 15 is 0 Å². The molecule has 1 aliphatic carbocycles. The molecule has 1 unspecified atom stereocenters. The van der Waals surface area contributed by atoms with Crippen LogP contribution in [0.15, 0.2) is 23.8 Å². The molecule has 0 aromatic carbocycles. The van der Waals surface area contributed by atoms with Gasteiger partial charge in [-0.3, -0.25) is 9.59 Å². The molecule has 0 bridgehead atoms. The van der Waals surface area contributed by atoms with Gasteiger partial charge < -0.3 is 31.1 Å². The number of ether oxygens (including phenoxy) is 1. The van der Waals surface area contributed by atoms with E-state index in [1.54, 1.807) is 6.92 Å². The van der Waals surface area contributed by atoms with Crippen LogP contribution in [0.25, 0.3) is 0 Å². The fourth-order valence-corrected chi connectivity index (χ4v) is 5.10. The highest BCUT2D eigenvalue weighted by atomic mass is 16.5. The van der Waals surface area contributed by atoms with E-state index in [9.17, 15) is 29.7 Å². The topological polar surface area (TPSA) is 159 Å². The smallest absolute Gasteiger partial charge is 0.326 e. The molecule has 0 saturated heterocycles. The highest BCUT2D eigenvalue weighted by Crippen LogP contribution is 2.31. The zero-order valence-corrected chi connectivity index (χ0v) is 27.0. The third-order valence-corrected chi connectivity index (χ3v) is 8.63. The van der Waals surface area contributed by atoms with Gasteiger partial charge in [0.2, 0.25) is 5.91 Å². The van der Waals surface area contributed by atoms with Crippen LogP contribution in [0.2, 0.25) is 0 Å². The van der Waals surface area contributed by atoms with Crippen LogP contribution in [-0.2, 0) is 19.1 Å². The lowest BCUT2D eigenvalue weighted by Gasteiger charge is -2.30. The Labute approximate surface area is 253 Å². The predicted molar refractivity (Wildman–Crippen MR) is 165 cm³/mol. The summed E-state index contributed by atoms with van der Waals surface area (Å²) in [4.78, 5) is 36.3. The lowest BCUT2D eigenvalue weighted by atomic mass is 9.83. The monoisotopic (exact) mass is 594 g/mol. The second-order valence-corrected chi connectivity index (χ2v) is 13.5. The van der Waals surface area contributed by atoms with Crippen molar-refractivity contribution in [3.05, 3.63) is 23.8 Å². The van der Waals surface area contributed by atoms with Gasteiger partial charge >= 0.3 is 11.9 Å². The van der Waals surface area contributed by atoms with Crippen molar-refractivity contribution in [3.8, 4) is 0 Å². The molecule has 0 aromatic rings. The molecule has 7 atom stereocenters. The van der Waals surface area contributed by atoms with Crippen LogP contribution in [0.5, 0.6) is 0 Å². The van der Waals surface area contributed by atoms with Crippen LogP contribution in [0.1, 0.15) is 113 Å². The molecule has 0 spiro atoms. The Kier molecular flexibility index (Phi) is 16.0. The van der Waals surface area contributed by atoms with Gasteiger partial charge in [0.25, 0.3) is 0 Å². The zero-order chi connectivity index (χ0) is 32.1. The summed E-state index contributed by atoms with van der Waals surface area (Å²) >= 11 is 0. The average molecular weight is 595 g/mol. The largest absolute Gasteiger partial charge is 0.480 e. The number of carbonyl (C=O) groups is 3. The molecule has 242 valence electrons. The molecule has 6 N–H and O–H groups in total. The van der Waals surface area contributed by atoms with E-state index in [4.69, 9.17) is 10.5 Å². The SMILES string of the molecule is CCC(C)(C)C(=O)O[C@@H]1CC(/C=C\[C@H](C)[C@@H](C)CCC(C)(O)C[C@@H](O)CC(=O)N[C@H](CCCCN)C(=O)O)=C[C@H](C)C1. The fraction of sp³-hybridized carbons (Fsp3) is 0.788. The number of carboxylic acid groups (broad SMARTS) is 1. The molecule has 0 aromatic heterocycles. The number of nitrogens with two attached hydrogens (primary N) is 1. The summed E-state index contributed by atoms with van der Waals surface area (Å²) in [6.07, 6.45) is 10.0. The molecule has 1 aliphatic rings. The normalized spacial score (nSPS) is 22.0. The minimum Gasteiger partial charge on any atom is -0.480 e. The van der Waals surface area contributed by atoms with Crippen molar-refractivity contribution in [2.45, 2.75) is 137 Å². The van der Waals surface area contributed by atoms with Gasteiger partial charge in [0.1, 0.15) is 12.1 Å². The van der Waals surface area contributed by atoms with Crippen molar-refractivity contribution in [2.75, 3.05) is 6.54 Å². The Bertz CT molecular complexity index is 927. The number of esters is 1. The minimum absolute atomic E-state index is 0.0159. The molecule has 0 radical (unpaired) electrons. The maximum atomic E-state index is 12.6. The molecule has 0 heterocycles. The first kappa shape index (κ1) is 37.8. The Morgan fingerprint density at radius 2 is 1.86 bits per heavy atom. The molecular weight excluding hydrogens is 536 g/mol. The summed E-state index contributed by atoms with van der Waals surface area (Å²) in [5, 5.41) is 33.2. The number of rotatable bonds is 19. The number of aliphatic hydroxyl groups is 2. The molecule has 1 amide bonds. The van der Waals surface area contributed by atoms with Crippen LogP contribution >= 0.6 is 0 Å². The molecule has 0 fully saturated rings. The quantitative estimate of drug-likeness (QED) is 0.104. The van der Waals surface area contributed by atoms with E-state index in [0.29, 0.717) is 38.1 Å². The summed E-state index contributed by atoms with van der Waals surface area (Å²) in [6, 6.07) is -1.02. The molecule has 0 aliphatic heterocycles. The number of aliphatic hydroxyl groups excluding tert-OH is 1. The van der Waals surface area contributed by atoms with Gasteiger partial charge in [-0.25, -0.2) is 4.79 Å². The maximum absolute atomic E-state index is 12.6. The molecular formula is C33H58N2O7. The molecule has 0 saturated carbocycles. The molecule has 9 heteroatoms. The number of nitrogens with one attached hydrogen (secondary N) is 1. The first-order valence-electron chi connectivity index (χ1n) is 15.7. The Morgan fingerprint density at radius 1 is 1.19 bits per heavy atom. The van der Waals surface area contributed by atoms with Crippen LogP contribution in [0.3, 0.4) is 0 Å². The standard InChI is InChI=1S/C33H58N2O7/c1-8-32(5,6)31(40)42-27-18-22(2)17-25(19-27)13-12-23(3)24(4)14-15-33(7,41)21-26(36)20-29(37)35-28(30(38)39)11-9-10-16-34/h12-13,17,22-24,26-28,36,41H,8-11,14-16,18-21,34H2,1-7H3,(H,35,37)(H,38,39)/b13-12-/t22-,23-,24-,26-,27-,28+,33?/m0/s1. The zero-order valence-electron chi connectivity index (χ0n) is 27.0. The van der Waals surface area contributed by atoms with Gasteiger partial charge in [-0.05, 0) is 95.6 Å². The number of hydrogen-bond acceptors (Lipinski definition) is 7. The van der Waals surface area contributed by atoms with E-state index in [1.807, 2.05) is 20.8 Å². The van der Waals surface area contributed by atoms with Crippen LogP contribution in [0, 0.1) is 23.2 Å². The van der Waals surface area contributed by atoms with Gasteiger partial charge in [0.15, 0.2) is 0 Å². The number of carboxylic acids is 1. The molecule has 42 heavy (non-hydrogen) atoms. The summed E-state index contributed by atoms with van der Waals surface area (Å²) in [5.41, 5.74) is 4.96. The molecule has 9 nitrogen and oxygen atoms in total. The number of amides is 1. The van der Waals surface area contributed by atoms with E-state index in [1.165, 1.54) is 0 Å². The van der Waals surface area contributed by atoms with E-state index in [-0.39, 0.29) is 43.2 Å². The fourth-order valence-electron chi connectivity index (χ4n) is 5.10. The Hall–Kier alpha value is -2.23. The first-order valence-corrected chi connectivity index (χ1v) is 15.7. The van der Waals surface area contributed by atoms with Gasteiger partial charge in [-0.15, -0.1) is 0 Å². The van der Waals surface area contributed by atoms with Crippen molar-refractivity contribution in [2.24, 2.45) is 28.9 Å². The van der Waals surface area contributed by atoms with Crippen molar-refractivity contribution in [3.63, 3.8) is 0 Å². The first-order chi connectivity index (χ1) is 19.5. The molecule has 1 rings (SSSR count). The van der Waals surface area contributed by atoms with Crippen molar-refractivity contribution < 1.29 is 34.4 Å². The Balaban J connectivity index is 2.57. The van der Waals surface area contributed by atoms with E-state index < -0.39 is 35.0 Å². The van der Waals surface area contributed by atoms with E-state index in [2.05, 4.69) is 44.3 Å². The van der Waals surface area contributed by atoms with E-state index in [0.717, 1.165) is 24.8 Å². The van der Waals surface area contributed by atoms with Crippen LogP contribution in [-0.4, -0.2) is 63.6 Å². The second kappa shape index (κ2) is 17.8. The lowest BCUT2D eigenvalue weighted by Crippen LogP contribution is -2.42. The van der Waals surface area contributed by atoms with Crippen molar-refractivity contribution in [1.29, 1.82) is 0 Å².